The molecule has 1 N–H and O–H groups in total. The fraction of sp³-hybridized carbons (Fsp3) is 0.773. The molecule has 5 aliphatic rings. The van der Waals surface area contributed by atoms with Gasteiger partial charge in [0.05, 0.1) is 12.2 Å². The van der Waals surface area contributed by atoms with E-state index in [1.54, 1.807) is 5.57 Å². The lowest BCUT2D eigenvalue weighted by Gasteiger charge is -2.57. The van der Waals surface area contributed by atoms with Crippen molar-refractivity contribution >= 4 is 5.71 Å². The quantitative estimate of drug-likeness (QED) is 0.652. The molecule has 5 rings (SSSR count). The molecule has 2 nitrogen and oxygen atoms in total. The van der Waals surface area contributed by atoms with Gasteiger partial charge < -0.3 is 10.1 Å². The van der Waals surface area contributed by atoms with Gasteiger partial charge in [0.25, 0.3) is 0 Å². The molecule has 1 spiro atoms. The summed E-state index contributed by atoms with van der Waals surface area (Å²) in [6, 6.07) is 0. The second kappa shape index (κ2) is 5.30. The maximum Gasteiger partial charge on any atom is 0.0926 e. The molecule has 0 aromatic carbocycles. The molecule has 1 aliphatic heterocycles. The number of nitrogens with one attached hydrogen (secondary N) is 1. The van der Waals surface area contributed by atoms with Gasteiger partial charge in [0.15, 0.2) is 0 Å². The van der Waals surface area contributed by atoms with Crippen LogP contribution in [-0.4, -0.2) is 17.9 Å². The third-order valence-corrected chi connectivity index (χ3v) is 8.67. The van der Waals surface area contributed by atoms with Gasteiger partial charge in [0.1, 0.15) is 0 Å². The first-order valence-corrected chi connectivity index (χ1v) is 10.3. The van der Waals surface area contributed by atoms with E-state index in [4.69, 9.17) is 10.1 Å². The van der Waals surface area contributed by atoms with E-state index < -0.39 is 0 Å². The van der Waals surface area contributed by atoms with Gasteiger partial charge in [0, 0.05) is 11.1 Å². The van der Waals surface area contributed by atoms with Crippen LogP contribution in [0.1, 0.15) is 64.7 Å². The van der Waals surface area contributed by atoms with E-state index >= 15 is 0 Å². The molecule has 1 heterocycles. The summed E-state index contributed by atoms with van der Waals surface area (Å²) in [5.74, 6) is 3.46. The van der Waals surface area contributed by atoms with Crippen molar-refractivity contribution in [1.29, 1.82) is 5.41 Å². The first-order chi connectivity index (χ1) is 11.7. The molecule has 0 bridgehead atoms. The standard InChI is InChI=1S/C22H31NO/c1-2-21-11-8-18-17-7-5-16(23)14-15(17)4-6-19(18)20(21)9-12-22(21)10-3-13-24-22/h3,10,14,17-20,23H,2,4-9,11-13H2,1H3/t17-,18?,19?,20?,21-,22-/m0/s1. The molecule has 0 aromatic heterocycles. The monoisotopic (exact) mass is 325 g/mol. The molecule has 3 fully saturated rings. The summed E-state index contributed by atoms with van der Waals surface area (Å²) in [6.45, 7) is 3.26. The zero-order valence-electron chi connectivity index (χ0n) is 15.0. The molecular weight excluding hydrogens is 294 g/mol. The topological polar surface area (TPSA) is 33.1 Å². The number of fused-ring (bicyclic) bond motifs is 6. The van der Waals surface area contributed by atoms with Crippen LogP contribution in [0.5, 0.6) is 0 Å². The van der Waals surface area contributed by atoms with Gasteiger partial charge in [0.2, 0.25) is 0 Å². The SMILES string of the molecule is CC[C@]12CCC3C(CCC4=CC(=N)CC[C@@H]43)C1CC[C@@]21C=CCO1. The van der Waals surface area contributed by atoms with Crippen LogP contribution in [0.15, 0.2) is 23.8 Å². The maximum atomic E-state index is 8.03. The van der Waals surface area contributed by atoms with Crippen LogP contribution in [0.25, 0.3) is 0 Å². The van der Waals surface area contributed by atoms with E-state index in [2.05, 4.69) is 25.2 Å². The Kier molecular flexibility index (Phi) is 3.40. The number of hydrogen-bond acceptors (Lipinski definition) is 2. The summed E-state index contributed by atoms with van der Waals surface area (Å²) in [6.07, 6.45) is 18.5. The molecule has 0 aromatic rings. The lowest BCUT2D eigenvalue weighted by molar-refractivity contribution is -0.122. The average molecular weight is 325 g/mol. The Hall–Kier alpha value is -0.890. The lowest BCUT2D eigenvalue weighted by atomic mass is 9.49. The zero-order valence-corrected chi connectivity index (χ0v) is 15.0. The van der Waals surface area contributed by atoms with Crippen molar-refractivity contribution in [1.82, 2.24) is 0 Å². The van der Waals surface area contributed by atoms with Crippen LogP contribution >= 0.6 is 0 Å². The molecule has 3 saturated carbocycles. The third-order valence-electron chi connectivity index (χ3n) is 8.67. The van der Waals surface area contributed by atoms with Crippen molar-refractivity contribution in [2.45, 2.75) is 70.3 Å². The van der Waals surface area contributed by atoms with Gasteiger partial charge in [-0.25, -0.2) is 0 Å². The Morgan fingerprint density at radius 3 is 2.83 bits per heavy atom. The van der Waals surface area contributed by atoms with Gasteiger partial charge >= 0.3 is 0 Å². The van der Waals surface area contributed by atoms with E-state index in [0.29, 0.717) is 5.41 Å². The normalized spacial score (nSPS) is 49.7. The van der Waals surface area contributed by atoms with Crippen LogP contribution in [0.2, 0.25) is 0 Å². The smallest absolute Gasteiger partial charge is 0.0926 e. The highest BCUT2D eigenvalue weighted by Gasteiger charge is 2.64. The van der Waals surface area contributed by atoms with Crippen molar-refractivity contribution in [3.05, 3.63) is 23.8 Å². The van der Waals surface area contributed by atoms with Crippen LogP contribution in [-0.2, 0) is 4.74 Å². The van der Waals surface area contributed by atoms with E-state index in [1.807, 2.05) is 0 Å². The summed E-state index contributed by atoms with van der Waals surface area (Å²) >= 11 is 0. The minimum atomic E-state index is 0.0716. The molecule has 24 heavy (non-hydrogen) atoms. The van der Waals surface area contributed by atoms with Crippen molar-refractivity contribution in [2.75, 3.05) is 6.61 Å². The molecule has 0 amide bonds. The highest BCUT2D eigenvalue weighted by atomic mass is 16.5. The predicted octanol–water partition coefficient (Wildman–Crippen LogP) is 5.29. The average Bonchev–Trinajstić information content (AvgIpc) is 3.21. The second-order valence-corrected chi connectivity index (χ2v) is 9.05. The molecule has 3 unspecified atom stereocenters. The number of allylic oxidation sites excluding steroid dienone is 2. The predicted molar refractivity (Wildman–Crippen MR) is 97.3 cm³/mol. The van der Waals surface area contributed by atoms with E-state index in [9.17, 15) is 0 Å². The molecule has 6 atom stereocenters. The highest BCUT2D eigenvalue weighted by molar-refractivity contribution is 5.93. The Morgan fingerprint density at radius 2 is 2.04 bits per heavy atom. The molecule has 2 heteroatoms. The summed E-state index contributed by atoms with van der Waals surface area (Å²) in [4.78, 5) is 0. The molecule has 0 radical (unpaired) electrons. The largest absolute Gasteiger partial charge is 0.366 e. The fourth-order valence-electron chi connectivity index (χ4n) is 7.75. The second-order valence-electron chi connectivity index (χ2n) is 9.05. The van der Waals surface area contributed by atoms with Crippen LogP contribution < -0.4 is 0 Å². The van der Waals surface area contributed by atoms with E-state index in [1.165, 1.54) is 51.4 Å². The molecule has 130 valence electrons. The van der Waals surface area contributed by atoms with Crippen molar-refractivity contribution in [3.8, 4) is 0 Å². The Bertz CT molecular complexity index is 619. The summed E-state index contributed by atoms with van der Waals surface area (Å²) in [7, 11) is 0. The van der Waals surface area contributed by atoms with E-state index in [-0.39, 0.29) is 5.60 Å². The van der Waals surface area contributed by atoms with Crippen LogP contribution in [0.3, 0.4) is 0 Å². The van der Waals surface area contributed by atoms with E-state index in [0.717, 1.165) is 42.4 Å². The zero-order chi connectivity index (χ0) is 16.4. The van der Waals surface area contributed by atoms with Gasteiger partial charge in [-0.1, -0.05) is 24.6 Å². The lowest BCUT2D eigenvalue weighted by Crippen LogP contribution is -2.53. The number of rotatable bonds is 1. The fourth-order valence-corrected chi connectivity index (χ4v) is 7.75. The molecule has 0 saturated heterocycles. The summed E-state index contributed by atoms with van der Waals surface area (Å²) in [5.41, 5.74) is 2.98. The summed E-state index contributed by atoms with van der Waals surface area (Å²) in [5, 5.41) is 8.03. The number of hydrogen-bond donors (Lipinski definition) is 1. The summed E-state index contributed by atoms with van der Waals surface area (Å²) < 4.78 is 6.41. The first kappa shape index (κ1) is 15.4. The van der Waals surface area contributed by atoms with Crippen molar-refractivity contribution in [2.24, 2.45) is 29.1 Å². The Morgan fingerprint density at radius 1 is 1.12 bits per heavy atom. The molecule has 4 aliphatic carbocycles. The van der Waals surface area contributed by atoms with Crippen molar-refractivity contribution in [3.63, 3.8) is 0 Å². The van der Waals surface area contributed by atoms with Gasteiger partial charge in [-0.05, 0) is 87.5 Å². The minimum Gasteiger partial charge on any atom is -0.366 e. The Balaban J connectivity index is 1.49. The van der Waals surface area contributed by atoms with Crippen LogP contribution in [0.4, 0.5) is 0 Å². The van der Waals surface area contributed by atoms with Crippen molar-refractivity contribution < 1.29 is 4.74 Å². The van der Waals surface area contributed by atoms with Gasteiger partial charge in [-0.3, -0.25) is 0 Å². The molecular formula is C22H31NO. The number of ether oxygens (including phenoxy) is 1. The first-order valence-electron chi connectivity index (χ1n) is 10.3. The van der Waals surface area contributed by atoms with Gasteiger partial charge in [-0.2, -0.15) is 0 Å². The third kappa shape index (κ3) is 1.84. The maximum absolute atomic E-state index is 8.03. The highest BCUT2D eigenvalue weighted by Crippen LogP contribution is 2.68. The minimum absolute atomic E-state index is 0.0716. The Labute approximate surface area is 146 Å². The van der Waals surface area contributed by atoms with Crippen LogP contribution in [0, 0.1) is 34.5 Å². The van der Waals surface area contributed by atoms with Gasteiger partial charge in [-0.15, -0.1) is 0 Å².